The Labute approximate surface area is 66.5 Å². The molecule has 0 aliphatic rings. The average Bonchev–Trinajstić information content (AvgIpc) is 1.88. The Morgan fingerprint density at radius 3 is 2.40 bits per heavy atom. The highest BCUT2D eigenvalue weighted by Crippen LogP contribution is 1.95. The summed E-state index contributed by atoms with van der Waals surface area (Å²) in [6, 6.07) is 7.65. The molecule has 0 radical (unpaired) electrons. The molecule has 0 spiro atoms. The first kappa shape index (κ1) is 7.70. The van der Waals surface area contributed by atoms with E-state index in [-0.39, 0.29) is 0 Å². The number of hydrogen-bond donors (Lipinski definition) is 2. The van der Waals surface area contributed by atoms with Crippen LogP contribution in [0.1, 0.15) is 5.56 Å². The highest BCUT2D eigenvalue weighted by Gasteiger charge is 2.08. The van der Waals surface area contributed by atoms with Crippen molar-refractivity contribution in [3.63, 3.8) is 0 Å². The SMILES string of the molecule is Cc1ccccc1B(O)S. The van der Waals surface area contributed by atoms with E-state index < -0.39 is 6.19 Å². The van der Waals surface area contributed by atoms with Gasteiger partial charge in [-0.2, -0.15) is 12.5 Å². The maximum atomic E-state index is 9.07. The lowest BCUT2D eigenvalue weighted by molar-refractivity contribution is 0.609. The van der Waals surface area contributed by atoms with Crippen LogP contribution in [0.2, 0.25) is 0 Å². The fourth-order valence-corrected chi connectivity index (χ4v) is 1.17. The molecule has 0 aliphatic heterocycles. The molecular weight excluding hydrogens is 143 g/mol. The van der Waals surface area contributed by atoms with Gasteiger partial charge in [0.25, 0.3) is 0 Å². The van der Waals surface area contributed by atoms with Crippen LogP contribution in [-0.2, 0) is 0 Å². The van der Waals surface area contributed by atoms with Gasteiger partial charge in [-0.3, -0.25) is 0 Å². The van der Waals surface area contributed by atoms with Crippen LogP contribution in [0.4, 0.5) is 0 Å². The summed E-state index contributed by atoms with van der Waals surface area (Å²) in [5.41, 5.74) is 1.95. The molecule has 1 N–H and O–H groups in total. The van der Waals surface area contributed by atoms with E-state index in [2.05, 4.69) is 12.5 Å². The Hall–Kier alpha value is -0.405. The van der Waals surface area contributed by atoms with Crippen LogP contribution in [0.3, 0.4) is 0 Å². The number of thiol groups is 1. The molecule has 52 valence electrons. The first-order valence-electron chi connectivity index (χ1n) is 3.13. The van der Waals surface area contributed by atoms with Crippen molar-refractivity contribution in [2.45, 2.75) is 6.92 Å². The van der Waals surface area contributed by atoms with Gasteiger partial charge in [-0.1, -0.05) is 29.8 Å². The maximum Gasteiger partial charge on any atom is 0.391 e. The zero-order valence-electron chi connectivity index (χ0n) is 5.78. The van der Waals surface area contributed by atoms with Gasteiger partial charge in [0.15, 0.2) is 0 Å². The number of rotatable bonds is 1. The molecule has 0 amide bonds. The van der Waals surface area contributed by atoms with Crippen LogP contribution >= 0.6 is 12.5 Å². The summed E-state index contributed by atoms with van der Waals surface area (Å²) in [4.78, 5) is 0. The molecule has 0 aromatic heterocycles. The third-order valence-electron chi connectivity index (χ3n) is 1.47. The van der Waals surface area contributed by atoms with Gasteiger partial charge in [0.2, 0.25) is 0 Å². The van der Waals surface area contributed by atoms with Crippen molar-refractivity contribution in [2.75, 3.05) is 0 Å². The molecule has 0 fully saturated rings. The summed E-state index contributed by atoms with van der Waals surface area (Å²) in [6.07, 6.45) is -0.652. The quantitative estimate of drug-likeness (QED) is 0.446. The van der Waals surface area contributed by atoms with Crippen molar-refractivity contribution in [1.29, 1.82) is 0 Å². The normalized spacial score (nSPS) is 9.50. The number of aryl methyl sites for hydroxylation is 1. The van der Waals surface area contributed by atoms with Crippen LogP contribution in [-0.4, -0.2) is 11.2 Å². The Morgan fingerprint density at radius 2 is 2.00 bits per heavy atom. The number of benzene rings is 1. The fourth-order valence-electron chi connectivity index (χ4n) is 0.876. The van der Waals surface area contributed by atoms with Gasteiger partial charge in [-0.25, -0.2) is 0 Å². The van der Waals surface area contributed by atoms with Crippen LogP contribution in [0.25, 0.3) is 0 Å². The van der Waals surface area contributed by atoms with E-state index in [1.165, 1.54) is 0 Å². The summed E-state index contributed by atoms with van der Waals surface area (Å²) in [5.74, 6) is 0. The molecule has 1 rings (SSSR count). The van der Waals surface area contributed by atoms with E-state index in [1.807, 2.05) is 31.2 Å². The van der Waals surface area contributed by atoms with E-state index in [0.717, 1.165) is 11.0 Å². The summed E-state index contributed by atoms with van der Waals surface area (Å²) in [5, 5.41) is 9.07. The lowest BCUT2D eigenvalue weighted by Gasteiger charge is -2.02. The lowest BCUT2D eigenvalue weighted by Crippen LogP contribution is -2.26. The zero-order valence-corrected chi connectivity index (χ0v) is 6.68. The van der Waals surface area contributed by atoms with E-state index in [0.29, 0.717) is 0 Å². The third kappa shape index (κ3) is 1.55. The van der Waals surface area contributed by atoms with Gasteiger partial charge in [-0.05, 0) is 12.4 Å². The summed E-state index contributed by atoms with van der Waals surface area (Å²) in [6.45, 7) is 1.95. The minimum atomic E-state index is -0.652. The number of hydrogen-bond acceptors (Lipinski definition) is 2. The molecule has 0 unspecified atom stereocenters. The Morgan fingerprint density at radius 1 is 1.40 bits per heavy atom. The molecule has 1 nitrogen and oxygen atoms in total. The second-order valence-electron chi connectivity index (χ2n) is 2.23. The Kier molecular flexibility index (Phi) is 2.41. The second kappa shape index (κ2) is 3.13. The van der Waals surface area contributed by atoms with Crippen molar-refractivity contribution in [1.82, 2.24) is 0 Å². The molecule has 0 bridgehead atoms. The topological polar surface area (TPSA) is 20.2 Å². The highest BCUT2D eigenvalue weighted by atomic mass is 32.1. The molecule has 0 saturated carbocycles. The summed E-state index contributed by atoms with van der Waals surface area (Å²) < 4.78 is 0. The van der Waals surface area contributed by atoms with Crippen molar-refractivity contribution >= 4 is 24.1 Å². The predicted octanol–water partition coefficient (Wildman–Crippen LogP) is 0.612. The fraction of sp³-hybridized carbons (Fsp3) is 0.143. The van der Waals surface area contributed by atoms with Gasteiger partial charge in [0.05, 0.1) is 0 Å². The van der Waals surface area contributed by atoms with Crippen LogP contribution in [0.5, 0.6) is 0 Å². The van der Waals surface area contributed by atoms with Crippen LogP contribution < -0.4 is 5.46 Å². The van der Waals surface area contributed by atoms with Crippen molar-refractivity contribution < 1.29 is 5.02 Å². The first-order chi connectivity index (χ1) is 4.72. The maximum absolute atomic E-state index is 9.07. The molecule has 10 heavy (non-hydrogen) atoms. The zero-order chi connectivity index (χ0) is 7.56. The van der Waals surface area contributed by atoms with E-state index in [4.69, 9.17) is 5.02 Å². The van der Waals surface area contributed by atoms with E-state index in [1.54, 1.807) is 0 Å². The minimum absolute atomic E-state index is 0.652. The van der Waals surface area contributed by atoms with Gasteiger partial charge in [0.1, 0.15) is 0 Å². The summed E-state index contributed by atoms with van der Waals surface area (Å²) in [7, 11) is 0. The monoisotopic (exact) mass is 152 g/mol. The molecule has 1 aromatic rings. The van der Waals surface area contributed by atoms with E-state index in [9.17, 15) is 0 Å². The highest BCUT2D eigenvalue weighted by molar-refractivity contribution is 8.11. The third-order valence-corrected chi connectivity index (χ3v) is 1.74. The average molecular weight is 152 g/mol. The largest absolute Gasteiger partial charge is 0.438 e. The molecule has 0 heterocycles. The molecule has 0 saturated heterocycles. The van der Waals surface area contributed by atoms with Gasteiger partial charge >= 0.3 is 6.19 Å². The van der Waals surface area contributed by atoms with Gasteiger partial charge in [-0.15, -0.1) is 0 Å². The Balaban J connectivity index is 3.03. The summed E-state index contributed by atoms with van der Waals surface area (Å²) >= 11 is 3.91. The Bertz CT molecular complexity index is 225. The van der Waals surface area contributed by atoms with Crippen LogP contribution in [0.15, 0.2) is 24.3 Å². The minimum Gasteiger partial charge on any atom is -0.438 e. The van der Waals surface area contributed by atoms with Crippen molar-refractivity contribution in [3.05, 3.63) is 29.8 Å². The van der Waals surface area contributed by atoms with E-state index >= 15 is 0 Å². The molecular formula is C7H9BOS. The predicted molar refractivity (Wildman–Crippen MR) is 47.8 cm³/mol. The van der Waals surface area contributed by atoms with Crippen LogP contribution in [0, 0.1) is 6.92 Å². The van der Waals surface area contributed by atoms with Gasteiger partial charge < -0.3 is 5.02 Å². The molecule has 0 aliphatic carbocycles. The molecule has 1 aromatic carbocycles. The van der Waals surface area contributed by atoms with Crippen molar-refractivity contribution in [2.24, 2.45) is 0 Å². The van der Waals surface area contributed by atoms with Gasteiger partial charge in [0, 0.05) is 0 Å². The first-order valence-corrected chi connectivity index (χ1v) is 3.65. The standard InChI is InChI=1S/C7H9BOS/c1-6-4-2-3-5-7(6)8(9)10/h2-5,9-10H,1H3. The second-order valence-corrected chi connectivity index (χ2v) is 2.72. The van der Waals surface area contributed by atoms with Crippen molar-refractivity contribution in [3.8, 4) is 0 Å². The smallest absolute Gasteiger partial charge is 0.391 e. The molecule has 3 heteroatoms. The lowest BCUT2D eigenvalue weighted by atomic mass is 9.83. The molecule has 0 atom stereocenters.